The molecule has 3 heteroatoms. The van der Waals surface area contributed by atoms with Gasteiger partial charge in [0.25, 0.3) is 0 Å². The first-order valence-electron chi connectivity index (χ1n) is 11.4. The van der Waals surface area contributed by atoms with Crippen LogP contribution >= 0.6 is 0 Å². The van der Waals surface area contributed by atoms with E-state index in [0.717, 1.165) is 32.1 Å². The van der Waals surface area contributed by atoms with Crippen LogP contribution in [0, 0.1) is 0 Å². The second kappa shape index (κ2) is 19.2. The Kier molecular flexibility index (Phi) is 16.4. The highest BCUT2D eigenvalue weighted by molar-refractivity contribution is 5.88. The third-order valence-electron chi connectivity index (χ3n) is 4.66. The third-order valence-corrected chi connectivity index (χ3v) is 4.66. The molecule has 0 aliphatic rings. The molecule has 0 aliphatic heterocycles. The van der Waals surface area contributed by atoms with Crippen LogP contribution in [-0.2, 0) is 4.74 Å². The molecule has 0 radical (unpaired) electrons. The Bertz CT molecular complexity index is 590. The molecule has 0 N–H and O–H groups in total. The largest absolute Gasteiger partial charge is 0.462 e. The molecule has 0 saturated carbocycles. The van der Waals surface area contributed by atoms with E-state index in [9.17, 15) is 4.79 Å². The summed E-state index contributed by atoms with van der Waals surface area (Å²) in [6.45, 7) is 2.74. The first-order chi connectivity index (χ1) is 14.3. The Morgan fingerprint density at radius 1 is 0.862 bits per heavy atom. The molecule has 29 heavy (non-hydrogen) atoms. The lowest BCUT2D eigenvalue weighted by atomic mass is 10.1. The van der Waals surface area contributed by atoms with Gasteiger partial charge in [-0.25, -0.2) is 4.79 Å². The highest BCUT2D eigenvalue weighted by Gasteiger charge is 2.05. The van der Waals surface area contributed by atoms with Crippen molar-refractivity contribution in [3.8, 4) is 0 Å². The number of carbonyl (C=O) groups excluding carboxylic acids is 1. The van der Waals surface area contributed by atoms with Crippen LogP contribution in [0.25, 0.3) is 0 Å². The van der Waals surface area contributed by atoms with Crippen molar-refractivity contribution in [3.05, 3.63) is 66.5 Å². The summed E-state index contributed by atoms with van der Waals surface area (Å²) in [7, 11) is 0. The van der Waals surface area contributed by atoms with Gasteiger partial charge in [0.15, 0.2) is 0 Å². The van der Waals surface area contributed by atoms with Crippen molar-refractivity contribution in [2.75, 3.05) is 6.61 Å². The lowest BCUT2D eigenvalue weighted by Gasteiger charge is -2.04. The van der Waals surface area contributed by atoms with Crippen LogP contribution in [0.2, 0.25) is 0 Å². The summed E-state index contributed by atoms with van der Waals surface area (Å²) in [6.07, 6.45) is 30.9. The van der Waals surface area contributed by atoms with Gasteiger partial charge in [-0.15, -0.1) is 0 Å². The van der Waals surface area contributed by atoms with Crippen LogP contribution < -0.4 is 0 Å². The minimum absolute atomic E-state index is 0.278. The zero-order chi connectivity index (χ0) is 20.8. The van der Waals surface area contributed by atoms with Gasteiger partial charge < -0.3 is 4.74 Å². The molecule has 160 valence electrons. The maximum atomic E-state index is 11.7. The molecule has 0 bridgehead atoms. The van der Waals surface area contributed by atoms with Crippen molar-refractivity contribution < 1.29 is 9.53 Å². The number of pyridine rings is 1. The highest BCUT2D eigenvalue weighted by Crippen LogP contribution is 2.07. The Morgan fingerprint density at radius 2 is 1.48 bits per heavy atom. The molecule has 1 rings (SSSR count). The Balaban J connectivity index is 1.85. The van der Waals surface area contributed by atoms with Gasteiger partial charge in [-0.3, -0.25) is 4.98 Å². The molecule has 1 aromatic heterocycles. The maximum absolute atomic E-state index is 11.7. The third kappa shape index (κ3) is 15.4. The van der Waals surface area contributed by atoms with E-state index in [-0.39, 0.29) is 5.97 Å². The Morgan fingerprint density at radius 3 is 2.14 bits per heavy atom. The number of nitrogens with zero attached hydrogens (tertiary/aromatic N) is 1. The van der Waals surface area contributed by atoms with Gasteiger partial charge in [-0.1, -0.05) is 75.5 Å². The van der Waals surface area contributed by atoms with Crippen LogP contribution in [-0.4, -0.2) is 17.6 Å². The number of hydrogen-bond donors (Lipinski definition) is 0. The summed E-state index contributed by atoms with van der Waals surface area (Å²) in [4.78, 5) is 15.7. The number of hydrogen-bond acceptors (Lipinski definition) is 3. The molecule has 0 unspecified atom stereocenters. The summed E-state index contributed by atoms with van der Waals surface area (Å²) in [5.74, 6) is -0.278. The lowest BCUT2D eigenvalue weighted by molar-refractivity contribution is 0.0497. The fraction of sp³-hybridized carbons (Fsp3) is 0.538. The molecular formula is C26H39NO2. The second-order valence-electron chi connectivity index (χ2n) is 7.32. The van der Waals surface area contributed by atoms with E-state index < -0.39 is 0 Å². The van der Waals surface area contributed by atoms with Crippen LogP contribution in [0.15, 0.2) is 61.0 Å². The molecule has 0 aromatic carbocycles. The van der Waals surface area contributed by atoms with Crippen molar-refractivity contribution in [1.82, 2.24) is 4.98 Å². The summed E-state index contributed by atoms with van der Waals surface area (Å²) in [5.41, 5.74) is 0.521. The maximum Gasteiger partial charge on any atom is 0.339 e. The topological polar surface area (TPSA) is 39.2 Å². The molecule has 0 aliphatic carbocycles. The van der Waals surface area contributed by atoms with Crippen LogP contribution in [0.1, 0.15) is 94.3 Å². The van der Waals surface area contributed by atoms with E-state index in [4.69, 9.17) is 4.74 Å². The van der Waals surface area contributed by atoms with Gasteiger partial charge >= 0.3 is 5.97 Å². The standard InChI is InChI=1S/C26H39NO2/c1-2-3-4-5-6-7-8-9-10-11-12-13-14-15-16-17-18-19-23-29-26(28)25-21-20-22-27-24-25/h6-7,9-10,12-13,20-22,24H,2-5,8,11,14-19,23H2,1H3. The van der Waals surface area contributed by atoms with E-state index in [0.29, 0.717) is 12.2 Å². The minimum Gasteiger partial charge on any atom is -0.462 e. The van der Waals surface area contributed by atoms with Crippen LogP contribution in [0.5, 0.6) is 0 Å². The van der Waals surface area contributed by atoms with Crippen molar-refractivity contribution >= 4 is 5.97 Å². The number of carbonyl (C=O) groups is 1. The average Bonchev–Trinajstić information content (AvgIpc) is 2.75. The minimum atomic E-state index is -0.278. The van der Waals surface area contributed by atoms with Crippen molar-refractivity contribution in [2.45, 2.75) is 84.0 Å². The van der Waals surface area contributed by atoms with E-state index in [1.54, 1.807) is 18.3 Å². The SMILES string of the molecule is CCCCCC=CCC=CCC=CCCCCCCCOC(=O)c1cccnc1. The van der Waals surface area contributed by atoms with Gasteiger partial charge in [0, 0.05) is 12.4 Å². The lowest BCUT2D eigenvalue weighted by Crippen LogP contribution is -2.06. The Labute approximate surface area is 178 Å². The fourth-order valence-corrected chi connectivity index (χ4v) is 2.92. The molecule has 0 spiro atoms. The highest BCUT2D eigenvalue weighted by atomic mass is 16.5. The van der Waals surface area contributed by atoms with Crippen molar-refractivity contribution in [3.63, 3.8) is 0 Å². The number of ether oxygens (including phenoxy) is 1. The van der Waals surface area contributed by atoms with Crippen molar-refractivity contribution in [1.29, 1.82) is 0 Å². The predicted molar refractivity (Wildman–Crippen MR) is 123 cm³/mol. The van der Waals surface area contributed by atoms with E-state index in [2.05, 4.69) is 48.4 Å². The predicted octanol–water partition coefficient (Wildman–Crippen LogP) is 7.61. The summed E-state index contributed by atoms with van der Waals surface area (Å²) in [5, 5.41) is 0. The van der Waals surface area contributed by atoms with Gasteiger partial charge in [0.2, 0.25) is 0 Å². The smallest absolute Gasteiger partial charge is 0.339 e. The first kappa shape index (κ1) is 24.9. The van der Waals surface area contributed by atoms with Gasteiger partial charge in [-0.2, -0.15) is 0 Å². The molecular weight excluding hydrogens is 358 g/mol. The zero-order valence-corrected chi connectivity index (χ0v) is 18.2. The molecule has 0 saturated heterocycles. The second-order valence-corrected chi connectivity index (χ2v) is 7.32. The molecule has 1 heterocycles. The van der Waals surface area contributed by atoms with Gasteiger partial charge in [0.1, 0.15) is 0 Å². The van der Waals surface area contributed by atoms with Crippen LogP contribution in [0.3, 0.4) is 0 Å². The quantitative estimate of drug-likeness (QED) is 0.154. The Hall–Kier alpha value is -2.16. The molecule has 3 nitrogen and oxygen atoms in total. The molecule has 0 amide bonds. The first-order valence-corrected chi connectivity index (χ1v) is 11.4. The number of allylic oxidation sites excluding steroid dienone is 6. The van der Waals surface area contributed by atoms with Gasteiger partial charge in [0.05, 0.1) is 12.2 Å². The number of unbranched alkanes of at least 4 members (excludes halogenated alkanes) is 8. The van der Waals surface area contributed by atoms with E-state index in [1.165, 1.54) is 51.1 Å². The fourth-order valence-electron chi connectivity index (χ4n) is 2.92. The van der Waals surface area contributed by atoms with Crippen molar-refractivity contribution in [2.24, 2.45) is 0 Å². The summed E-state index contributed by atoms with van der Waals surface area (Å²) >= 11 is 0. The number of aromatic nitrogens is 1. The summed E-state index contributed by atoms with van der Waals surface area (Å²) < 4.78 is 5.26. The molecule has 1 aromatic rings. The zero-order valence-electron chi connectivity index (χ0n) is 18.2. The van der Waals surface area contributed by atoms with Crippen LogP contribution in [0.4, 0.5) is 0 Å². The normalized spacial score (nSPS) is 11.8. The molecule has 0 fully saturated rings. The monoisotopic (exact) mass is 397 g/mol. The van der Waals surface area contributed by atoms with E-state index in [1.807, 2.05) is 0 Å². The number of esters is 1. The summed E-state index contributed by atoms with van der Waals surface area (Å²) in [6, 6.07) is 3.47. The van der Waals surface area contributed by atoms with E-state index >= 15 is 0 Å². The average molecular weight is 398 g/mol. The van der Waals surface area contributed by atoms with Gasteiger partial charge in [-0.05, 0) is 57.1 Å². The number of rotatable bonds is 17. The molecule has 0 atom stereocenters.